The standard InChI is InChI=1S/C17H23N3OS/c1-11(2)7-15(16-5-4-6-22-16)19-17(21)14-8-13(14)12-9-18-20(3)10-12/h4-6,9-11,13-15H,7-8H2,1-3H3,(H,19,21)/t13-,14+,15?/m0/s1. The number of amides is 1. The molecule has 2 heterocycles. The van der Waals surface area contributed by atoms with Gasteiger partial charge >= 0.3 is 0 Å². The van der Waals surface area contributed by atoms with Crippen LogP contribution in [0.2, 0.25) is 0 Å². The zero-order chi connectivity index (χ0) is 15.7. The minimum absolute atomic E-state index is 0.110. The molecule has 118 valence electrons. The van der Waals surface area contributed by atoms with E-state index in [1.165, 1.54) is 10.4 Å². The Morgan fingerprint density at radius 3 is 2.95 bits per heavy atom. The van der Waals surface area contributed by atoms with Gasteiger partial charge in [-0.1, -0.05) is 19.9 Å². The molecular formula is C17H23N3OS. The molecule has 1 unspecified atom stereocenters. The van der Waals surface area contributed by atoms with Crippen molar-refractivity contribution in [1.29, 1.82) is 0 Å². The molecular weight excluding hydrogens is 294 g/mol. The second-order valence-corrected chi connectivity index (χ2v) is 7.58. The Morgan fingerprint density at radius 2 is 2.36 bits per heavy atom. The minimum atomic E-state index is 0.110. The summed E-state index contributed by atoms with van der Waals surface area (Å²) >= 11 is 1.72. The highest BCUT2D eigenvalue weighted by atomic mass is 32.1. The molecule has 2 aromatic heterocycles. The average Bonchev–Trinajstić information content (AvgIpc) is 2.87. The first-order chi connectivity index (χ1) is 10.5. The van der Waals surface area contributed by atoms with Crippen molar-refractivity contribution in [1.82, 2.24) is 15.1 Å². The van der Waals surface area contributed by atoms with E-state index in [0.29, 0.717) is 11.8 Å². The second-order valence-electron chi connectivity index (χ2n) is 6.60. The summed E-state index contributed by atoms with van der Waals surface area (Å²) in [4.78, 5) is 13.8. The lowest BCUT2D eigenvalue weighted by Gasteiger charge is -2.19. The summed E-state index contributed by atoms with van der Waals surface area (Å²) in [7, 11) is 1.91. The second kappa shape index (κ2) is 6.24. The Balaban J connectivity index is 1.63. The topological polar surface area (TPSA) is 46.9 Å². The van der Waals surface area contributed by atoms with Crippen molar-refractivity contribution in [2.75, 3.05) is 0 Å². The molecule has 0 spiro atoms. The van der Waals surface area contributed by atoms with E-state index in [2.05, 4.69) is 41.8 Å². The van der Waals surface area contributed by atoms with Gasteiger partial charge in [0.05, 0.1) is 12.2 Å². The molecule has 0 bridgehead atoms. The van der Waals surface area contributed by atoms with Gasteiger partial charge in [0.2, 0.25) is 5.91 Å². The van der Waals surface area contributed by atoms with Gasteiger partial charge in [0, 0.05) is 24.0 Å². The van der Waals surface area contributed by atoms with Gasteiger partial charge in [0.15, 0.2) is 0 Å². The number of carbonyl (C=O) groups is 1. The molecule has 1 aliphatic rings. The minimum Gasteiger partial charge on any atom is -0.348 e. The van der Waals surface area contributed by atoms with Gasteiger partial charge < -0.3 is 5.32 Å². The van der Waals surface area contributed by atoms with Gasteiger partial charge in [0.25, 0.3) is 0 Å². The van der Waals surface area contributed by atoms with E-state index >= 15 is 0 Å². The number of thiophene rings is 1. The van der Waals surface area contributed by atoms with Crippen molar-refractivity contribution in [2.24, 2.45) is 18.9 Å². The zero-order valence-electron chi connectivity index (χ0n) is 13.3. The van der Waals surface area contributed by atoms with Crippen LogP contribution in [0, 0.1) is 11.8 Å². The molecule has 4 nitrogen and oxygen atoms in total. The van der Waals surface area contributed by atoms with Gasteiger partial charge in [-0.25, -0.2) is 0 Å². The van der Waals surface area contributed by atoms with E-state index in [9.17, 15) is 4.79 Å². The third kappa shape index (κ3) is 3.40. The number of nitrogens with one attached hydrogen (secondary N) is 1. The number of rotatable bonds is 6. The van der Waals surface area contributed by atoms with Crippen LogP contribution < -0.4 is 5.32 Å². The number of aryl methyl sites for hydroxylation is 1. The summed E-state index contributed by atoms with van der Waals surface area (Å²) in [5.41, 5.74) is 1.18. The summed E-state index contributed by atoms with van der Waals surface area (Å²) in [6.07, 6.45) is 5.82. The molecule has 0 radical (unpaired) electrons. The first-order valence-electron chi connectivity index (χ1n) is 7.87. The summed E-state index contributed by atoms with van der Waals surface area (Å²) in [5, 5.41) is 9.54. The fourth-order valence-electron chi connectivity index (χ4n) is 2.97. The summed E-state index contributed by atoms with van der Waals surface area (Å²) < 4.78 is 1.80. The normalized spacial score (nSPS) is 21.8. The van der Waals surface area contributed by atoms with Gasteiger partial charge in [0.1, 0.15) is 0 Å². The number of hydrogen-bond acceptors (Lipinski definition) is 3. The Bertz CT molecular complexity index is 632. The van der Waals surface area contributed by atoms with Crippen LogP contribution in [0.4, 0.5) is 0 Å². The molecule has 5 heteroatoms. The molecule has 1 N–H and O–H groups in total. The zero-order valence-corrected chi connectivity index (χ0v) is 14.1. The van der Waals surface area contributed by atoms with E-state index in [0.717, 1.165) is 12.8 Å². The lowest BCUT2D eigenvalue weighted by Crippen LogP contribution is -2.30. The summed E-state index contributed by atoms with van der Waals surface area (Å²) in [5.74, 6) is 1.20. The van der Waals surface area contributed by atoms with Crippen molar-refractivity contribution < 1.29 is 4.79 Å². The number of nitrogens with zero attached hydrogens (tertiary/aromatic N) is 2. The molecule has 0 aromatic carbocycles. The van der Waals surface area contributed by atoms with Crippen LogP contribution in [-0.4, -0.2) is 15.7 Å². The highest BCUT2D eigenvalue weighted by Gasteiger charge is 2.45. The smallest absolute Gasteiger partial charge is 0.224 e. The van der Waals surface area contributed by atoms with Gasteiger partial charge in [-0.3, -0.25) is 9.48 Å². The molecule has 3 atom stereocenters. The SMILES string of the molecule is CC(C)CC(NC(=O)[C@@H]1C[C@H]1c1cnn(C)c1)c1cccs1. The van der Waals surface area contributed by atoms with Crippen molar-refractivity contribution in [3.8, 4) is 0 Å². The van der Waals surface area contributed by atoms with E-state index in [-0.39, 0.29) is 17.9 Å². The maximum absolute atomic E-state index is 12.5. The lowest BCUT2D eigenvalue weighted by atomic mass is 10.0. The third-order valence-electron chi connectivity index (χ3n) is 4.19. The van der Waals surface area contributed by atoms with Crippen LogP contribution in [0.1, 0.15) is 49.1 Å². The number of hydrogen-bond donors (Lipinski definition) is 1. The van der Waals surface area contributed by atoms with Crippen molar-refractivity contribution in [3.63, 3.8) is 0 Å². The highest BCUT2D eigenvalue weighted by Crippen LogP contribution is 2.47. The molecule has 1 amide bonds. The number of carbonyl (C=O) groups excluding carboxylic acids is 1. The van der Waals surface area contributed by atoms with Crippen LogP contribution in [0.15, 0.2) is 29.9 Å². The van der Waals surface area contributed by atoms with Crippen LogP contribution in [-0.2, 0) is 11.8 Å². The molecule has 22 heavy (non-hydrogen) atoms. The average molecular weight is 317 g/mol. The van der Waals surface area contributed by atoms with Crippen LogP contribution >= 0.6 is 11.3 Å². The monoisotopic (exact) mass is 317 g/mol. The number of aromatic nitrogens is 2. The van der Waals surface area contributed by atoms with Crippen LogP contribution in [0.25, 0.3) is 0 Å². The Hall–Kier alpha value is -1.62. The van der Waals surface area contributed by atoms with Gasteiger partial charge in [-0.15, -0.1) is 11.3 Å². The molecule has 3 rings (SSSR count). The van der Waals surface area contributed by atoms with E-state index < -0.39 is 0 Å². The fourth-order valence-corrected chi connectivity index (χ4v) is 3.76. The predicted octanol–water partition coefficient (Wildman–Crippen LogP) is 3.49. The summed E-state index contributed by atoms with van der Waals surface area (Å²) in [6, 6.07) is 4.31. The third-order valence-corrected chi connectivity index (χ3v) is 5.18. The Kier molecular flexibility index (Phi) is 4.34. The Labute approximate surface area is 135 Å². The maximum Gasteiger partial charge on any atom is 0.224 e. The van der Waals surface area contributed by atoms with Crippen LogP contribution in [0.3, 0.4) is 0 Å². The molecule has 1 fully saturated rings. The van der Waals surface area contributed by atoms with Gasteiger partial charge in [-0.2, -0.15) is 5.10 Å². The fraction of sp³-hybridized carbons (Fsp3) is 0.529. The molecule has 1 aliphatic carbocycles. The predicted molar refractivity (Wildman–Crippen MR) is 88.7 cm³/mol. The largest absolute Gasteiger partial charge is 0.348 e. The summed E-state index contributed by atoms with van der Waals surface area (Å²) in [6.45, 7) is 4.39. The molecule has 1 saturated carbocycles. The first kappa shape index (κ1) is 15.3. The van der Waals surface area contributed by atoms with E-state index in [4.69, 9.17) is 0 Å². The quantitative estimate of drug-likeness (QED) is 0.886. The molecule has 0 aliphatic heterocycles. The van der Waals surface area contributed by atoms with Crippen LogP contribution in [0.5, 0.6) is 0 Å². The maximum atomic E-state index is 12.5. The van der Waals surface area contributed by atoms with E-state index in [1.54, 1.807) is 16.0 Å². The first-order valence-corrected chi connectivity index (χ1v) is 8.75. The molecule has 0 saturated heterocycles. The highest BCUT2D eigenvalue weighted by molar-refractivity contribution is 7.10. The van der Waals surface area contributed by atoms with Crippen molar-refractivity contribution in [3.05, 3.63) is 40.3 Å². The van der Waals surface area contributed by atoms with Crippen molar-refractivity contribution >= 4 is 17.2 Å². The Morgan fingerprint density at radius 1 is 1.55 bits per heavy atom. The van der Waals surface area contributed by atoms with Crippen molar-refractivity contribution in [2.45, 2.75) is 38.6 Å². The lowest BCUT2D eigenvalue weighted by molar-refractivity contribution is -0.123. The molecule has 2 aromatic rings. The van der Waals surface area contributed by atoms with Gasteiger partial charge in [-0.05, 0) is 41.7 Å². The van der Waals surface area contributed by atoms with E-state index in [1.807, 2.05) is 19.4 Å².